The van der Waals surface area contributed by atoms with E-state index in [9.17, 15) is 20.4 Å². The van der Waals surface area contributed by atoms with Crippen LogP contribution in [0.25, 0.3) is 0 Å². The molecular weight excluding hydrogens is 286 g/mol. The first-order valence-electron chi connectivity index (χ1n) is 6.75. The molecule has 1 spiro atoms. The van der Waals surface area contributed by atoms with E-state index in [-0.39, 0.29) is 5.96 Å². The molecule has 6 rings (SSSR count). The van der Waals surface area contributed by atoms with E-state index in [0.29, 0.717) is 0 Å². The summed E-state index contributed by atoms with van der Waals surface area (Å²) in [6, 6.07) is 0. The van der Waals surface area contributed by atoms with Crippen LogP contribution in [0, 0.1) is 11.3 Å². The molecule has 6 aliphatic rings. The lowest BCUT2D eigenvalue weighted by molar-refractivity contribution is -0.529. The Morgan fingerprint density at radius 1 is 1.24 bits per heavy atom. The average molecular weight is 301 g/mol. The molecule has 0 radical (unpaired) electrons. The van der Waals surface area contributed by atoms with Gasteiger partial charge in [-0.3, -0.25) is 5.41 Å². The van der Waals surface area contributed by atoms with E-state index >= 15 is 0 Å². The average Bonchev–Trinajstić information content (AvgIpc) is 2.59. The highest BCUT2D eigenvalue weighted by Gasteiger charge is 2.87. The molecular formula is C11H15N3O7. The van der Waals surface area contributed by atoms with Crippen LogP contribution in [0.2, 0.25) is 0 Å². The van der Waals surface area contributed by atoms with Crippen molar-refractivity contribution in [3.63, 3.8) is 0 Å². The van der Waals surface area contributed by atoms with Gasteiger partial charge in [-0.2, -0.15) is 0 Å². The smallest absolute Gasteiger partial charge is 0.311 e. The molecule has 6 unspecified atom stereocenters. The highest BCUT2D eigenvalue weighted by Crippen LogP contribution is 2.62. The van der Waals surface area contributed by atoms with E-state index in [2.05, 4.69) is 10.6 Å². The first kappa shape index (κ1) is 12.5. The van der Waals surface area contributed by atoms with Crippen molar-refractivity contribution in [3.05, 3.63) is 0 Å². The summed E-state index contributed by atoms with van der Waals surface area (Å²) in [7, 11) is 0. The van der Waals surface area contributed by atoms with Crippen molar-refractivity contribution in [1.82, 2.24) is 10.6 Å². The Labute approximate surface area is 118 Å². The summed E-state index contributed by atoms with van der Waals surface area (Å²) >= 11 is 0. The number of hydrogen-bond donors (Lipinski definition) is 7. The minimum absolute atomic E-state index is 0.0455. The third-order valence-electron chi connectivity index (χ3n) is 5.49. The molecule has 9 atom stereocenters. The highest BCUT2D eigenvalue weighted by molar-refractivity contribution is 5.80. The van der Waals surface area contributed by atoms with Crippen LogP contribution in [0.15, 0.2) is 0 Å². The van der Waals surface area contributed by atoms with Gasteiger partial charge in [0.05, 0.1) is 12.5 Å². The van der Waals surface area contributed by atoms with Crippen LogP contribution in [-0.4, -0.2) is 80.7 Å². The first-order chi connectivity index (χ1) is 9.87. The predicted octanol–water partition coefficient (Wildman–Crippen LogP) is -4.26. The highest BCUT2D eigenvalue weighted by atomic mass is 16.9. The van der Waals surface area contributed by atoms with Crippen LogP contribution in [0.5, 0.6) is 0 Å². The topological polar surface area (TPSA) is 157 Å². The summed E-state index contributed by atoms with van der Waals surface area (Å²) in [5.74, 6) is -2.78. The second-order valence-electron chi connectivity index (χ2n) is 6.34. The lowest BCUT2D eigenvalue weighted by Gasteiger charge is -2.68. The van der Waals surface area contributed by atoms with Gasteiger partial charge in [-0.1, -0.05) is 0 Å². The van der Waals surface area contributed by atoms with Crippen molar-refractivity contribution < 1.29 is 34.6 Å². The minimum atomic E-state index is -2.14. The molecule has 116 valence electrons. The molecule has 0 aromatic heterocycles. The van der Waals surface area contributed by atoms with Gasteiger partial charge < -0.3 is 45.3 Å². The third kappa shape index (κ3) is 1.03. The molecule has 0 aromatic carbocycles. The zero-order valence-corrected chi connectivity index (χ0v) is 10.7. The van der Waals surface area contributed by atoms with Crippen LogP contribution in [0.4, 0.5) is 0 Å². The number of guanidine groups is 1. The number of aliphatic hydroxyl groups is 4. The minimum Gasteiger partial charge on any atom is -0.393 e. The number of rotatable bonds is 1. The zero-order chi connectivity index (χ0) is 14.8. The standard InChI is InChI=1S/C11H15N3O7/c12-8-13-6-2-4-9(17,1-15)5-3(16)10(2,14-8)7(19-6)11(18,20-4)21-5/h2-7,15-18H,1H2,(H3,12,13,14)/t2-,3?,4?,5?,6?,7+,9+,10?,11?/m1/s1. The van der Waals surface area contributed by atoms with E-state index < -0.39 is 60.3 Å². The Hall–Kier alpha value is -1.01. The largest absolute Gasteiger partial charge is 0.393 e. The number of ether oxygens (including phenoxy) is 3. The van der Waals surface area contributed by atoms with Crippen molar-refractivity contribution in [2.45, 2.75) is 47.8 Å². The fraction of sp³-hybridized carbons (Fsp3) is 0.909. The number of nitrogens with one attached hydrogen (secondary N) is 3. The molecule has 10 heteroatoms. The maximum Gasteiger partial charge on any atom is 0.311 e. The van der Waals surface area contributed by atoms with Gasteiger partial charge in [0.1, 0.15) is 35.7 Å². The fourth-order valence-corrected chi connectivity index (χ4v) is 4.69. The molecule has 0 aromatic rings. The molecule has 21 heavy (non-hydrogen) atoms. The molecule has 5 aliphatic heterocycles. The van der Waals surface area contributed by atoms with Gasteiger partial charge >= 0.3 is 5.97 Å². The van der Waals surface area contributed by atoms with E-state index in [0.717, 1.165) is 0 Å². The van der Waals surface area contributed by atoms with Gasteiger partial charge in [-0.25, -0.2) is 0 Å². The maximum absolute atomic E-state index is 10.7. The Bertz CT molecular complexity index is 558. The van der Waals surface area contributed by atoms with E-state index in [1.54, 1.807) is 0 Å². The quantitative estimate of drug-likeness (QED) is 0.255. The zero-order valence-electron chi connectivity index (χ0n) is 10.7. The molecule has 5 saturated heterocycles. The van der Waals surface area contributed by atoms with Crippen molar-refractivity contribution >= 4 is 5.96 Å². The normalized spacial score (nSPS) is 66.2. The van der Waals surface area contributed by atoms with Gasteiger partial charge in [0.25, 0.3) is 0 Å². The Morgan fingerprint density at radius 2 is 1.95 bits per heavy atom. The van der Waals surface area contributed by atoms with Gasteiger partial charge in [0.15, 0.2) is 12.1 Å². The molecule has 7 N–H and O–H groups in total. The SMILES string of the molecule is N=C1NC2O[C@@H]3C4(O)OC5C(O)C3(N1)[C@@H]2C(O4)[C@@]5(O)CO. The summed E-state index contributed by atoms with van der Waals surface area (Å²) in [5.41, 5.74) is -3.06. The Morgan fingerprint density at radius 3 is 2.67 bits per heavy atom. The molecule has 10 nitrogen and oxygen atoms in total. The summed E-state index contributed by atoms with van der Waals surface area (Å²) in [6.07, 6.45) is -5.33. The summed E-state index contributed by atoms with van der Waals surface area (Å²) in [4.78, 5) is 0. The van der Waals surface area contributed by atoms with Crippen LogP contribution in [0.3, 0.4) is 0 Å². The van der Waals surface area contributed by atoms with Crippen molar-refractivity contribution in [3.8, 4) is 0 Å². The van der Waals surface area contributed by atoms with Crippen LogP contribution < -0.4 is 10.6 Å². The van der Waals surface area contributed by atoms with Crippen LogP contribution >= 0.6 is 0 Å². The maximum atomic E-state index is 10.7. The Kier molecular flexibility index (Phi) is 1.89. The monoisotopic (exact) mass is 301 g/mol. The summed E-state index contributed by atoms with van der Waals surface area (Å²) < 4.78 is 16.4. The number of aliphatic hydroxyl groups excluding tert-OH is 2. The van der Waals surface area contributed by atoms with E-state index in [1.807, 2.05) is 0 Å². The van der Waals surface area contributed by atoms with E-state index in [4.69, 9.17) is 19.6 Å². The van der Waals surface area contributed by atoms with Gasteiger partial charge in [-0.05, 0) is 0 Å². The molecule has 7 bridgehead atoms. The van der Waals surface area contributed by atoms with Crippen molar-refractivity contribution in [1.29, 1.82) is 5.41 Å². The van der Waals surface area contributed by atoms with Gasteiger partial charge in [-0.15, -0.1) is 0 Å². The van der Waals surface area contributed by atoms with Crippen molar-refractivity contribution in [2.75, 3.05) is 6.61 Å². The number of hydrogen-bond acceptors (Lipinski definition) is 8. The van der Waals surface area contributed by atoms with E-state index in [1.165, 1.54) is 0 Å². The lowest BCUT2D eigenvalue weighted by Crippen LogP contribution is -2.93. The lowest BCUT2D eigenvalue weighted by atomic mass is 9.56. The van der Waals surface area contributed by atoms with Gasteiger partial charge in [0, 0.05) is 0 Å². The first-order valence-corrected chi connectivity index (χ1v) is 6.75. The summed E-state index contributed by atoms with van der Waals surface area (Å²) in [6.45, 7) is -0.698. The molecule has 1 saturated carbocycles. The fourth-order valence-electron chi connectivity index (χ4n) is 4.69. The molecule has 1 aliphatic carbocycles. The second-order valence-corrected chi connectivity index (χ2v) is 6.34. The Balaban J connectivity index is 1.76. The summed E-state index contributed by atoms with van der Waals surface area (Å²) in [5, 5.41) is 54.8. The predicted molar refractivity (Wildman–Crippen MR) is 61.6 cm³/mol. The second kappa shape index (κ2) is 3.18. The van der Waals surface area contributed by atoms with Crippen molar-refractivity contribution in [2.24, 2.45) is 5.92 Å². The van der Waals surface area contributed by atoms with Gasteiger partial charge in [0.2, 0.25) is 0 Å². The van der Waals surface area contributed by atoms with Crippen LogP contribution in [-0.2, 0) is 14.2 Å². The third-order valence-corrected chi connectivity index (χ3v) is 5.49. The molecule has 0 amide bonds. The molecule has 5 heterocycles. The molecule has 6 fully saturated rings. The van der Waals surface area contributed by atoms with Crippen LogP contribution in [0.1, 0.15) is 0 Å².